The van der Waals surface area contributed by atoms with E-state index in [1.54, 1.807) is 12.5 Å². The molecule has 0 bridgehead atoms. The minimum Gasteiger partial charge on any atom is -0.365 e. The van der Waals surface area contributed by atoms with Crippen LogP contribution in [0.2, 0.25) is 0 Å². The van der Waals surface area contributed by atoms with Gasteiger partial charge in [-0.15, -0.1) is 0 Å². The van der Waals surface area contributed by atoms with Crippen LogP contribution in [0.25, 0.3) is 0 Å². The summed E-state index contributed by atoms with van der Waals surface area (Å²) in [6, 6.07) is 1.41. The molecule has 1 atom stereocenters. The normalized spacial score (nSPS) is 25.9. The predicted octanol–water partition coefficient (Wildman–Crippen LogP) is 1.89. The van der Waals surface area contributed by atoms with Crippen LogP contribution in [0.3, 0.4) is 0 Å². The summed E-state index contributed by atoms with van der Waals surface area (Å²) in [5.41, 5.74) is 0. The van der Waals surface area contributed by atoms with Gasteiger partial charge in [-0.25, -0.2) is 9.97 Å². The maximum absolute atomic E-state index is 4.24. The van der Waals surface area contributed by atoms with E-state index in [0.29, 0.717) is 6.04 Å². The molecule has 3 rings (SSSR count). The second kappa shape index (κ2) is 4.30. The van der Waals surface area contributed by atoms with Gasteiger partial charge in [0.2, 0.25) is 0 Å². The number of anilines is 1. The first-order valence-electron chi connectivity index (χ1n) is 5.79. The number of rotatable bonds is 3. The lowest BCUT2D eigenvalue weighted by Crippen LogP contribution is -2.28. The van der Waals surface area contributed by atoms with Gasteiger partial charge in [-0.1, -0.05) is 0 Å². The van der Waals surface area contributed by atoms with Crippen LogP contribution in [0.4, 0.5) is 5.82 Å². The van der Waals surface area contributed by atoms with Crippen LogP contribution in [0.5, 0.6) is 0 Å². The SMILES string of the molecule is Brc1cncnc1NC1CCN(C2CC2)C1. The Labute approximate surface area is 104 Å². The van der Waals surface area contributed by atoms with Crippen LogP contribution in [-0.4, -0.2) is 40.0 Å². The first-order chi connectivity index (χ1) is 7.83. The average Bonchev–Trinajstić information content (AvgIpc) is 3.03. The third kappa shape index (κ3) is 2.20. The molecule has 1 aromatic heterocycles. The number of nitrogens with zero attached hydrogens (tertiary/aromatic N) is 3. The quantitative estimate of drug-likeness (QED) is 0.919. The minimum absolute atomic E-state index is 0.534. The number of aromatic nitrogens is 2. The molecule has 1 aliphatic heterocycles. The van der Waals surface area contributed by atoms with Gasteiger partial charge in [-0.3, -0.25) is 4.90 Å². The molecular weight excluding hydrogens is 268 g/mol. The Morgan fingerprint density at radius 2 is 2.25 bits per heavy atom. The summed E-state index contributed by atoms with van der Waals surface area (Å²) in [4.78, 5) is 10.8. The molecule has 2 heterocycles. The van der Waals surface area contributed by atoms with Crippen molar-refractivity contribution in [2.24, 2.45) is 0 Å². The first kappa shape index (κ1) is 10.5. The monoisotopic (exact) mass is 282 g/mol. The topological polar surface area (TPSA) is 41.1 Å². The molecule has 1 saturated heterocycles. The van der Waals surface area contributed by atoms with E-state index in [0.717, 1.165) is 22.9 Å². The van der Waals surface area contributed by atoms with E-state index in [-0.39, 0.29) is 0 Å². The van der Waals surface area contributed by atoms with Crippen molar-refractivity contribution >= 4 is 21.7 Å². The Kier molecular flexibility index (Phi) is 2.81. The van der Waals surface area contributed by atoms with Crippen molar-refractivity contribution in [3.63, 3.8) is 0 Å². The van der Waals surface area contributed by atoms with Crippen molar-refractivity contribution in [3.05, 3.63) is 17.0 Å². The van der Waals surface area contributed by atoms with Crippen LogP contribution < -0.4 is 5.32 Å². The largest absolute Gasteiger partial charge is 0.365 e. The lowest BCUT2D eigenvalue weighted by molar-refractivity contribution is 0.326. The molecule has 1 saturated carbocycles. The van der Waals surface area contributed by atoms with Crippen LogP contribution >= 0.6 is 15.9 Å². The second-order valence-electron chi connectivity index (χ2n) is 4.58. The summed E-state index contributed by atoms with van der Waals surface area (Å²) in [5, 5.41) is 3.48. The van der Waals surface area contributed by atoms with E-state index in [2.05, 4.69) is 36.1 Å². The number of nitrogens with one attached hydrogen (secondary N) is 1. The highest BCUT2D eigenvalue weighted by Gasteiger charge is 2.34. The highest BCUT2D eigenvalue weighted by molar-refractivity contribution is 9.10. The predicted molar refractivity (Wildman–Crippen MR) is 66.4 cm³/mol. The summed E-state index contributed by atoms with van der Waals surface area (Å²) in [5.74, 6) is 0.914. The van der Waals surface area contributed by atoms with E-state index >= 15 is 0 Å². The molecule has 1 unspecified atom stereocenters. The van der Waals surface area contributed by atoms with E-state index in [1.807, 2.05) is 0 Å². The van der Waals surface area contributed by atoms with Gasteiger partial charge >= 0.3 is 0 Å². The molecule has 0 radical (unpaired) electrons. The summed E-state index contributed by atoms with van der Waals surface area (Å²) >= 11 is 3.46. The van der Waals surface area contributed by atoms with Crippen LogP contribution in [0, 0.1) is 0 Å². The maximum Gasteiger partial charge on any atom is 0.143 e. The molecule has 4 nitrogen and oxygen atoms in total. The molecule has 1 aliphatic carbocycles. The first-order valence-corrected chi connectivity index (χ1v) is 6.58. The molecule has 5 heteroatoms. The smallest absolute Gasteiger partial charge is 0.143 e. The molecule has 0 aromatic carbocycles. The maximum atomic E-state index is 4.24. The lowest BCUT2D eigenvalue weighted by atomic mass is 10.2. The van der Waals surface area contributed by atoms with Crippen LogP contribution in [-0.2, 0) is 0 Å². The number of halogens is 1. The fourth-order valence-corrected chi connectivity index (χ4v) is 2.62. The zero-order chi connectivity index (χ0) is 11.0. The Morgan fingerprint density at radius 1 is 1.38 bits per heavy atom. The van der Waals surface area contributed by atoms with Crippen molar-refractivity contribution in [1.29, 1.82) is 0 Å². The van der Waals surface area contributed by atoms with Crippen LogP contribution in [0.15, 0.2) is 17.0 Å². The highest BCUT2D eigenvalue weighted by Crippen LogP contribution is 2.31. The van der Waals surface area contributed by atoms with Crippen molar-refractivity contribution < 1.29 is 0 Å². The highest BCUT2D eigenvalue weighted by atomic mass is 79.9. The lowest BCUT2D eigenvalue weighted by Gasteiger charge is -2.16. The molecule has 2 fully saturated rings. The molecule has 2 aliphatic rings. The standard InChI is InChI=1S/C11H15BrN4/c12-10-5-13-7-14-11(10)15-8-3-4-16(6-8)9-1-2-9/h5,7-9H,1-4,6H2,(H,13,14,15). The fourth-order valence-electron chi connectivity index (χ4n) is 2.29. The van der Waals surface area contributed by atoms with Gasteiger partial charge in [0.05, 0.1) is 4.47 Å². The summed E-state index contributed by atoms with van der Waals surface area (Å²) < 4.78 is 0.944. The Hall–Kier alpha value is -0.680. The molecule has 1 N–H and O–H groups in total. The van der Waals surface area contributed by atoms with Crippen molar-refractivity contribution in [1.82, 2.24) is 14.9 Å². The van der Waals surface area contributed by atoms with E-state index in [9.17, 15) is 0 Å². The Balaban J connectivity index is 1.61. The number of hydrogen-bond acceptors (Lipinski definition) is 4. The molecule has 86 valence electrons. The van der Waals surface area contributed by atoms with E-state index in [1.165, 1.54) is 25.8 Å². The summed E-state index contributed by atoms with van der Waals surface area (Å²) in [6.45, 7) is 2.38. The Bertz CT molecular complexity index is 380. The third-order valence-corrected chi connectivity index (χ3v) is 3.87. The summed E-state index contributed by atoms with van der Waals surface area (Å²) in [7, 11) is 0. The molecule has 0 amide bonds. The van der Waals surface area contributed by atoms with Gasteiger partial charge in [0.25, 0.3) is 0 Å². The van der Waals surface area contributed by atoms with Gasteiger partial charge < -0.3 is 5.32 Å². The Morgan fingerprint density at radius 3 is 3.00 bits per heavy atom. The van der Waals surface area contributed by atoms with Gasteiger partial charge in [0.1, 0.15) is 12.1 Å². The number of likely N-dealkylation sites (tertiary alicyclic amines) is 1. The number of hydrogen-bond donors (Lipinski definition) is 1. The average molecular weight is 283 g/mol. The summed E-state index contributed by atoms with van der Waals surface area (Å²) in [6.07, 6.45) is 7.37. The fraction of sp³-hybridized carbons (Fsp3) is 0.636. The van der Waals surface area contributed by atoms with Crippen LogP contribution in [0.1, 0.15) is 19.3 Å². The molecule has 16 heavy (non-hydrogen) atoms. The van der Waals surface area contributed by atoms with Gasteiger partial charge in [0.15, 0.2) is 0 Å². The molecular formula is C11H15BrN4. The molecule has 0 spiro atoms. The minimum atomic E-state index is 0.534. The van der Waals surface area contributed by atoms with Gasteiger partial charge in [-0.05, 0) is 35.2 Å². The third-order valence-electron chi connectivity index (χ3n) is 3.29. The van der Waals surface area contributed by atoms with E-state index in [4.69, 9.17) is 0 Å². The second-order valence-corrected chi connectivity index (χ2v) is 5.43. The van der Waals surface area contributed by atoms with Crippen molar-refractivity contribution in [2.45, 2.75) is 31.3 Å². The van der Waals surface area contributed by atoms with Gasteiger partial charge in [-0.2, -0.15) is 0 Å². The van der Waals surface area contributed by atoms with E-state index < -0.39 is 0 Å². The zero-order valence-electron chi connectivity index (χ0n) is 9.06. The molecule has 1 aromatic rings. The van der Waals surface area contributed by atoms with Crippen molar-refractivity contribution in [2.75, 3.05) is 18.4 Å². The zero-order valence-corrected chi connectivity index (χ0v) is 10.7. The van der Waals surface area contributed by atoms with Gasteiger partial charge in [0, 0.05) is 31.4 Å². The van der Waals surface area contributed by atoms with Crippen molar-refractivity contribution in [3.8, 4) is 0 Å².